The molecule has 0 spiro atoms. The van der Waals surface area contributed by atoms with E-state index in [4.69, 9.17) is 9.84 Å². The lowest BCUT2D eigenvalue weighted by molar-refractivity contribution is -0.139. The minimum Gasteiger partial charge on any atom is -0.481 e. The van der Waals surface area contributed by atoms with Crippen molar-refractivity contribution in [2.75, 3.05) is 19.8 Å². The summed E-state index contributed by atoms with van der Waals surface area (Å²) in [5, 5.41) is 12.0. The molecule has 1 fully saturated rings. The largest absolute Gasteiger partial charge is 0.481 e. The van der Waals surface area contributed by atoms with Crippen molar-refractivity contribution in [1.29, 1.82) is 0 Å². The third-order valence-electron chi connectivity index (χ3n) is 3.77. The molecule has 0 aliphatic carbocycles. The van der Waals surface area contributed by atoms with Crippen LogP contribution in [0.15, 0.2) is 0 Å². The number of hydrogen-bond acceptors (Lipinski definition) is 3. The van der Waals surface area contributed by atoms with Gasteiger partial charge in [-0.25, -0.2) is 4.79 Å². The minimum absolute atomic E-state index is 0.0686. The molecule has 0 aromatic carbocycles. The number of hydrogen-bond donors (Lipinski definition) is 2. The maximum Gasteiger partial charge on any atom is 0.318 e. The Morgan fingerprint density at radius 1 is 1.33 bits per heavy atom. The number of morpholine rings is 1. The predicted octanol–water partition coefficient (Wildman–Crippen LogP) is 2.23. The number of nitrogens with one attached hydrogen (secondary N) is 1. The molecule has 2 atom stereocenters. The van der Waals surface area contributed by atoms with E-state index >= 15 is 0 Å². The fourth-order valence-electron chi connectivity index (χ4n) is 2.64. The number of rotatable bonds is 8. The maximum atomic E-state index is 12.4. The Bertz CT molecular complexity index is 336. The van der Waals surface area contributed by atoms with Crippen molar-refractivity contribution >= 4 is 12.0 Å². The molecule has 1 heterocycles. The van der Waals surface area contributed by atoms with Crippen LogP contribution in [0.3, 0.4) is 0 Å². The number of carbonyl (C=O) groups excluding carboxylic acids is 1. The zero-order chi connectivity index (χ0) is 15.7. The lowest BCUT2D eigenvalue weighted by Gasteiger charge is -2.36. The first-order valence-electron chi connectivity index (χ1n) is 7.95. The number of nitrogens with zero attached hydrogens (tertiary/aromatic N) is 1. The summed E-state index contributed by atoms with van der Waals surface area (Å²) in [7, 11) is 0. The molecule has 1 aliphatic heterocycles. The molecule has 0 aromatic heterocycles. The molecule has 2 N–H and O–H groups in total. The molecule has 2 unspecified atom stereocenters. The van der Waals surface area contributed by atoms with E-state index in [1.165, 1.54) is 0 Å². The number of urea groups is 1. The van der Waals surface area contributed by atoms with Gasteiger partial charge in [0.05, 0.1) is 25.7 Å². The van der Waals surface area contributed by atoms with Crippen molar-refractivity contribution in [2.45, 2.75) is 64.5 Å². The van der Waals surface area contributed by atoms with Gasteiger partial charge in [-0.05, 0) is 12.8 Å². The molecule has 21 heavy (non-hydrogen) atoms. The average Bonchev–Trinajstić information content (AvgIpc) is 2.44. The molecule has 6 nitrogen and oxygen atoms in total. The monoisotopic (exact) mass is 300 g/mol. The van der Waals surface area contributed by atoms with E-state index in [-0.39, 0.29) is 24.5 Å². The molecule has 0 bridgehead atoms. The summed E-state index contributed by atoms with van der Waals surface area (Å²) in [6.07, 6.45) is 5.09. The van der Waals surface area contributed by atoms with Crippen LogP contribution >= 0.6 is 0 Å². The fraction of sp³-hybridized carbons (Fsp3) is 0.867. The van der Waals surface area contributed by atoms with Gasteiger partial charge in [0.2, 0.25) is 0 Å². The van der Waals surface area contributed by atoms with Crippen LogP contribution in [0.5, 0.6) is 0 Å². The Balaban J connectivity index is 2.58. The minimum atomic E-state index is -0.903. The fourth-order valence-corrected chi connectivity index (χ4v) is 2.64. The lowest BCUT2D eigenvalue weighted by Crippen LogP contribution is -2.54. The number of carboxylic acid groups (broad SMARTS) is 1. The topological polar surface area (TPSA) is 78.9 Å². The molecule has 122 valence electrons. The Hall–Kier alpha value is -1.30. The van der Waals surface area contributed by atoms with Gasteiger partial charge in [-0.2, -0.15) is 0 Å². The Labute approximate surface area is 126 Å². The molecule has 1 rings (SSSR count). The van der Waals surface area contributed by atoms with Gasteiger partial charge in [-0.1, -0.05) is 33.1 Å². The summed E-state index contributed by atoms with van der Waals surface area (Å²) in [5.74, 6) is -0.903. The van der Waals surface area contributed by atoms with Crippen molar-refractivity contribution in [1.82, 2.24) is 10.2 Å². The van der Waals surface area contributed by atoms with E-state index in [0.29, 0.717) is 19.8 Å². The highest BCUT2D eigenvalue weighted by Crippen LogP contribution is 2.13. The molecule has 2 amide bonds. The summed E-state index contributed by atoms with van der Waals surface area (Å²) in [6, 6.07) is -0.348. The number of carbonyl (C=O) groups is 2. The highest BCUT2D eigenvalue weighted by molar-refractivity contribution is 5.76. The number of ether oxygens (including phenoxy) is 1. The quantitative estimate of drug-likeness (QED) is 0.720. The highest BCUT2D eigenvalue weighted by Gasteiger charge is 2.29. The summed E-state index contributed by atoms with van der Waals surface area (Å²) >= 11 is 0. The summed E-state index contributed by atoms with van der Waals surface area (Å²) < 4.78 is 5.30. The van der Waals surface area contributed by atoms with Crippen LogP contribution < -0.4 is 5.32 Å². The Morgan fingerprint density at radius 3 is 2.71 bits per heavy atom. The van der Waals surface area contributed by atoms with Gasteiger partial charge in [-0.15, -0.1) is 0 Å². The molecule has 1 saturated heterocycles. The van der Waals surface area contributed by atoms with E-state index in [1.54, 1.807) is 4.90 Å². The van der Waals surface area contributed by atoms with E-state index in [2.05, 4.69) is 19.2 Å². The van der Waals surface area contributed by atoms with Crippen LogP contribution in [0.4, 0.5) is 4.79 Å². The Kier molecular flexibility index (Phi) is 8.12. The van der Waals surface area contributed by atoms with E-state index < -0.39 is 5.97 Å². The molecule has 6 heteroatoms. The van der Waals surface area contributed by atoms with Crippen LogP contribution in [-0.4, -0.2) is 53.8 Å². The first-order valence-corrected chi connectivity index (χ1v) is 7.95. The normalized spacial score (nSPS) is 20.1. The average molecular weight is 300 g/mol. The predicted molar refractivity (Wildman–Crippen MR) is 80.3 cm³/mol. The van der Waals surface area contributed by atoms with Crippen LogP contribution in [0.1, 0.15) is 52.4 Å². The first-order chi connectivity index (χ1) is 10.1. The molecular formula is C15H28N2O4. The van der Waals surface area contributed by atoms with Crippen LogP contribution in [0, 0.1) is 0 Å². The summed E-state index contributed by atoms with van der Waals surface area (Å²) in [5.41, 5.74) is 0. The lowest BCUT2D eigenvalue weighted by atomic mass is 10.1. The second kappa shape index (κ2) is 9.60. The number of unbranched alkanes of at least 4 members (excludes halogenated alkanes) is 1. The van der Waals surface area contributed by atoms with Gasteiger partial charge < -0.3 is 20.1 Å². The van der Waals surface area contributed by atoms with Crippen molar-refractivity contribution in [2.24, 2.45) is 0 Å². The van der Waals surface area contributed by atoms with Crippen LogP contribution in [0.2, 0.25) is 0 Å². The number of aliphatic carboxylic acids is 1. The molecule has 1 aliphatic rings. The molecule has 0 radical (unpaired) electrons. The van der Waals surface area contributed by atoms with Crippen molar-refractivity contribution in [3.63, 3.8) is 0 Å². The van der Waals surface area contributed by atoms with E-state index in [9.17, 15) is 9.59 Å². The zero-order valence-corrected chi connectivity index (χ0v) is 13.1. The zero-order valence-electron chi connectivity index (χ0n) is 13.1. The summed E-state index contributed by atoms with van der Waals surface area (Å²) in [6.45, 7) is 5.46. The van der Waals surface area contributed by atoms with Crippen molar-refractivity contribution in [3.05, 3.63) is 0 Å². The number of amides is 2. The van der Waals surface area contributed by atoms with Crippen molar-refractivity contribution < 1.29 is 19.4 Å². The molecular weight excluding hydrogens is 272 g/mol. The molecule has 0 saturated carbocycles. The smallest absolute Gasteiger partial charge is 0.318 e. The first kappa shape index (κ1) is 17.8. The third-order valence-corrected chi connectivity index (χ3v) is 3.77. The van der Waals surface area contributed by atoms with Crippen molar-refractivity contribution in [3.8, 4) is 0 Å². The SMILES string of the molecule is CCCCC(CCC)NC(=O)N1CCOCC1CC(=O)O. The van der Waals surface area contributed by atoms with Gasteiger partial charge in [0, 0.05) is 12.6 Å². The molecule has 0 aromatic rings. The van der Waals surface area contributed by atoms with Gasteiger partial charge in [-0.3, -0.25) is 4.79 Å². The third kappa shape index (κ3) is 6.33. The number of carboxylic acids is 1. The summed E-state index contributed by atoms with van der Waals surface area (Å²) in [4.78, 5) is 24.9. The van der Waals surface area contributed by atoms with Crippen LogP contribution in [-0.2, 0) is 9.53 Å². The second-order valence-electron chi connectivity index (χ2n) is 5.60. The standard InChI is InChI=1S/C15H28N2O4/c1-3-5-7-12(6-4-2)16-15(20)17-8-9-21-11-13(17)10-14(18)19/h12-13H,3-11H2,1-2H3,(H,16,20)(H,18,19). The van der Waals surface area contributed by atoms with E-state index in [1.807, 2.05) is 0 Å². The van der Waals surface area contributed by atoms with Gasteiger partial charge in [0.25, 0.3) is 0 Å². The Morgan fingerprint density at radius 2 is 2.10 bits per heavy atom. The van der Waals surface area contributed by atoms with Gasteiger partial charge in [0.1, 0.15) is 0 Å². The highest BCUT2D eigenvalue weighted by atomic mass is 16.5. The van der Waals surface area contributed by atoms with Gasteiger partial charge in [0.15, 0.2) is 0 Å². The van der Waals surface area contributed by atoms with Gasteiger partial charge >= 0.3 is 12.0 Å². The van der Waals surface area contributed by atoms with E-state index in [0.717, 1.165) is 32.1 Å². The van der Waals surface area contributed by atoms with Crippen LogP contribution in [0.25, 0.3) is 0 Å². The second-order valence-corrected chi connectivity index (χ2v) is 5.60. The maximum absolute atomic E-state index is 12.4.